The molecule has 0 aliphatic rings. The van der Waals surface area contributed by atoms with Crippen LogP contribution in [0.5, 0.6) is 0 Å². The van der Waals surface area contributed by atoms with E-state index in [0.717, 1.165) is 101 Å². The van der Waals surface area contributed by atoms with Gasteiger partial charge in [-0.3, -0.25) is 0 Å². The van der Waals surface area contributed by atoms with Crippen molar-refractivity contribution in [1.29, 1.82) is 0 Å². The van der Waals surface area contributed by atoms with Gasteiger partial charge in [0.1, 0.15) is 0 Å². The van der Waals surface area contributed by atoms with Crippen molar-refractivity contribution < 1.29 is 80.4 Å². The fraction of sp³-hybridized carbons (Fsp3) is 0.0345. The van der Waals surface area contributed by atoms with Gasteiger partial charge in [0.05, 0.1) is 0 Å². The molecule has 0 bridgehead atoms. The molecule has 8 heterocycles. The molecule has 8 aromatic heterocycles. The average molecular weight is 2360 g/mol. The van der Waals surface area contributed by atoms with Crippen molar-refractivity contribution in [2.45, 2.75) is 27.7 Å². The number of pyridine rings is 8. The van der Waals surface area contributed by atoms with Crippen LogP contribution in [0.4, 0.5) is 0 Å². The van der Waals surface area contributed by atoms with Gasteiger partial charge in [0, 0.05) is 129 Å². The van der Waals surface area contributed by atoms with Gasteiger partial charge in [0.25, 0.3) is 0 Å². The van der Waals surface area contributed by atoms with Gasteiger partial charge in [-0.25, -0.2) is 0 Å². The molecule has 0 saturated carbocycles. The van der Waals surface area contributed by atoms with Crippen LogP contribution in [0.2, 0.25) is 0 Å². The topological polar surface area (TPSA) is 103 Å². The molecule has 4 radical (unpaired) electrons. The van der Waals surface area contributed by atoms with Gasteiger partial charge in [-0.1, -0.05) is 217 Å². The summed E-state index contributed by atoms with van der Waals surface area (Å²) in [5.41, 5.74) is 30.2. The predicted octanol–water partition coefficient (Wildman–Crippen LogP) is 28.3. The first-order valence-corrected chi connectivity index (χ1v) is 40.7. The minimum absolute atomic E-state index is 0. The zero-order valence-electron chi connectivity index (χ0n) is 70.8. The Morgan fingerprint density at radius 2 is 0.445 bits per heavy atom. The van der Waals surface area contributed by atoms with Gasteiger partial charge in [-0.05, 0) is 144 Å². The van der Waals surface area contributed by atoms with E-state index in [1.807, 2.05) is 330 Å². The molecule has 0 aliphatic heterocycles. The Kier molecular flexibility index (Phi) is 41.7. The molecule has 0 spiro atoms. The van der Waals surface area contributed by atoms with Crippen LogP contribution >= 0.6 is 0 Å². The molecule has 636 valence electrons. The minimum atomic E-state index is 0. The summed E-state index contributed by atoms with van der Waals surface area (Å²) in [6, 6.07) is 167. The van der Waals surface area contributed by atoms with Crippen LogP contribution in [0.3, 0.4) is 0 Å². The Bertz CT molecular complexity index is 5930. The predicted molar refractivity (Wildman–Crippen MR) is 509 cm³/mol. The maximum Gasteiger partial charge on any atom is 0.0266 e. The van der Waals surface area contributed by atoms with E-state index in [2.05, 4.69) is 224 Å². The fourth-order valence-corrected chi connectivity index (χ4v) is 12.8. The first kappa shape index (κ1) is 98.2. The Hall–Kier alpha value is -13.6. The Balaban J connectivity index is 0.000000165. The van der Waals surface area contributed by atoms with Crippen LogP contribution in [0.25, 0.3) is 135 Å². The van der Waals surface area contributed by atoms with Crippen molar-refractivity contribution in [2.24, 2.45) is 0 Å². The van der Waals surface area contributed by atoms with Gasteiger partial charge in [-0.15, -0.1) is 285 Å². The number of nitrogens with zero attached hydrogens (tertiary/aromatic N) is 8. The second kappa shape index (κ2) is 54.4. The Morgan fingerprint density at radius 3 is 0.742 bits per heavy atom. The maximum absolute atomic E-state index is 4.41. The molecule has 0 amide bonds. The molecule has 128 heavy (non-hydrogen) atoms. The van der Waals surface area contributed by atoms with E-state index >= 15 is 0 Å². The first-order chi connectivity index (χ1) is 61.2. The number of hydrogen-bond acceptors (Lipinski definition) is 8. The van der Waals surface area contributed by atoms with Gasteiger partial charge in [0.15, 0.2) is 0 Å². The van der Waals surface area contributed by atoms with Gasteiger partial charge in [-0.2, -0.15) is 0 Å². The third-order valence-corrected chi connectivity index (χ3v) is 19.0. The molecular weight excluding hydrogens is 2270 g/mol. The molecule has 20 aromatic rings. The molecule has 0 unspecified atom stereocenters. The standard InChI is InChI=1S/C18H14N.3C17H12N.3C12H10N.C11H8N.4Ir/c1-14-10-11-19-18(12-14)17-9-5-8-16(13-17)15-6-3-2-4-7-15;3*1-2-7-14(8-3-1)15-9-6-10-16(13-15)17-11-4-5-12-18-17;1-10-6-5-9-13-12(10)11-7-3-2-4-8-11;2*1-10-6-5-9-12(13-10)11-7-3-2-4-8-11;1-2-6-10(7-3-1)11-8-4-5-9-12-11;;;;/h2-8,10-13H,1H3;3*1-9,11-13H;3*2-7,9H,1H3;1-6,8-9H;;;;/q8*-1;;;;. The Labute approximate surface area is 808 Å². The van der Waals surface area contributed by atoms with Crippen LogP contribution in [0, 0.1) is 76.2 Å². The summed E-state index contributed by atoms with van der Waals surface area (Å²) in [5.74, 6) is 0. The smallest absolute Gasteiger partial charge is 0.0266 e. The summed E-state index contributed by atoms with van der Waals surface area (Å²) in [5, 5.41) is 0. The molecule has 0 N–H and O–H groups in total. The van der Waals surface area contributed by atoms with Crippen LogP contribution in [-0.2, 0) is 80.4 Å². The van der Waals surface area contributed by atoms with Crippen molar-refractivity contribution in [3.8, 4) is 135 Å². The monoisotopic (exact) mass is 2360 g/mol. The van der Waals surface area contributed by atoms with Gasteiger partial charge in [0.2, 0.25) is 0 Å². The molecule has 8 nitrogen and oxygen atoms in total. The summed E-state index contributed by atoms with van der Waals surface area (Å²) in [6.45, 7) is 8.12. The Morgan fingerprint density at radius 1 is 0.172 bits per heavy atom. The van der Waals surface area contributed by atoms with E-state index < -0.39 is 0 Å². The minimum Gasteiger partial charge on any atom is -0.305 e. The molecule has 0 atom stereocenters. The van der Waals surface area contributed by atoms with Crippen LogP contribution in [0.15, 0.2) is 462 Å². The molecule has 12 aromatic carbocycles. The first-order valence-electron chi connectivity index (χ1n) is 40.7. The van der Waals surface area contributed by atoms with E-state index in [9.17, 15) is 0 Å². The quantitative estimate of drug-likeness (QED) is 0.111. The molecule has 20 rings (SSSR count). The van der Waals surface area contributed by atoms with Gasteiger partial charge >= 0.3 is 0 Å². The molecular formula is C116H88Ir4N8-8. The summed E-state index contributed by atoms with van der Waals surface area (Å²) in [4.78, 5) is 34.8. The van der Waals surface area contributed by atoms with Crippen molar-refractivity contribution >= 4 is 0 Å². The fourth-order valence-electron chi connectivity index (χ4n) is 12.8. The average Bonchev–Trinajstić information content (AvgIpc) is 0.858. The number of aromatic nitrogens is 8. The van der Waals surface area contributed by atoms with E-state index in [0.29, 0.717) is 0 Å². The second-order valence-corrected chi connectivity index (χ2v) is 28.1. The maximum atomic E-state index is 4.41. The zero-order valence-corrected chi connectivity index (χ0v) is 80.4. The SMILES string of the molecule is Cc1cccc(-c2[c-]cccc2)n1.Cc1cccc(-c2[c-]cccc2)n1.Cc1cccnc1-c1[c-]cccc1.Cc1ccnc(-c2[c-]ccc(-c3ccccc3)c2)c1.[Ir].[Ir].[Ir].[Ir].[c-]1ccc(-c2ccccc2)cc1-c1ccccn1.[c-]1ccc(-c2ccccc2)cc1-c1ccccn1.[c-]1ccc(-c2ccccc2)cc1-c1ccccn1.[c-]1ccccc1-c1ccccn1. The van der Waals surface area contributed by atoms with Crippen molar-refractivity contribution in [3.63, 3.8) is 0 Å². The summed E-state index contributed by atoms with van der Waals surface area (Å²) >= 11 is 0. The van der Waals surface area contributed by atoms with Crippen molar-refractivity contribution in [3.05, 3.63) is 533 Å². The number of benzene rings is 12. The number of rotatable bonds is 12. The largest absolute Gasteiger partial charge is 0.305 e. The third-order valence-electron chi connectivity index (χ3n) is 19.0. The zero-order chi connectivity index (χ0) is 85.2. The second-order valence-electron chi connectivity index (χ2n) is 28.1. The van der Waals surface area contributed by atoms with E-state index in [1.165, 1.54) is 55.6 Å². The summed E-state index contributed by atoms with van der Waals surface area (Å²) in [7, 11) is 0. The molecule has 0 saturated heterocycles. The molecule has 12 heteroatoms. The number of aryl methyl sites for hydroxylation is 4. The van der Waals surface area contributed by atoms with Crippen LogP contribution in [-0.4, -0.2) is 39.9 Å². The van der Waals surface area contributed by atoms with E-state index in [4.69, 9.17) is 0 Å². The van der Waals surface area contributed by atoms with Crippen molar-refractivity contribution in [1.82, 2.24) is 39.9 Å². The van der Waals surface area contributed by atoms with E-state index in [-0.39, 0.29) is 80.4 Å². The van der Waals surface area contributed by atoms with Gasteiger partial charge < -0.3 is 39.9 Å². The van der Waals surface area contributed by atoms with Crippen LogP contribution < -0.4 is 0 Å². The van der Waals surface area contributed by atoms with Crippen molar-refractivity contribution in [2.75, 3.05) is 0 Å². The van der Waals surface area contributed by atoms with Crippen LogP contribution in [0.1, 0.15) is 22.5 Å². The number of hydrogen-bond donors (Lipinski definition) is 0. The normalized spacial score (nSPS) is 9.78. The summed E-state index contributed by atoms with van der Waals surface area (Å²) < 4.78 is 0. The third kappa shape index (κ3) is 31.2. The molecule has 0 fully saturated rings. The summed E-state index contributed by atoms with van der Waals surface area (Å²) in [6.07, 6.45) is 10.8. The molecule has 0 aliphatic carbocycles. The van der Waals surface area contributed by atoms with E-state index in [1.54, 1.807) is 24.8 Å².